The minimum atomic E-state index is -0.288. The van der Waals surface area contributed by atoms with Gasteiger partial charge in [-0.2, -0.15) is 0 Å². The second kappa shape index (κ2) is 4.18. The monoisotopic (exact) mass is 247 g/mol. The summed E-state index contributed by atoms with van der Waals surface area (Å²) in [6.07, 6.45) is 0.0859. The van der Waals surface area contributed by atoms with Crippen LogP contribution in [0.2, 0.25) is 0 Å². The second-order valence-electron chi connectivity index (χ2n) is 5.36. The second-order valence-corrected chi connectivity index (χ2v) is 5.36. The van der Waals surface area contributed by atoms with Crippen LogP contribution in [-0.4, -0.2) is 32.0 Å². The molecule has 0 bridgehead atoms. The van der Waals surface area contributed by atoms with Crippen molar-refractivity contribution in [3.05, 3.63) is 18.2 Å². The molecule has 2 aliphatic rings. The van der Waals surface area contributed by atoms with Gasteiger partial charge in [-0.3, -0.25) is 0 Å². The molecule has 1 aromatic rings. The smallest absolute Gasteiger partial charge is 0.490 e. The Kier molecular flexibility index (Phi) is 2.75. The van der Waals surface area contributed by atoms with Crippen molar-refractivity contribution >= 4 is 18.3 Å². The SMILES string of the molecule is C[C@@H]1OB(c2ccc3c(c2)NCCO3)OC1(C)C. The molecule has 1 N–H and O–H groups in total. The Labute approximate surface area is 108 Å². The van der Waals surface area contributed by atoms with E-state index in [9.17, 15) is 0 Å². The molecule has 0 aromatic heterocycles. The maximum atomic E-state index is 5.95. The third-order valence-corrected chi connectivity index (χ3v) is 3.67. The molecule has 1 atom stereocenters. The van der Waals surface area contributed by atoms with Crippen molar-refractivity contribution in [1.29, 1.82) is 0 Å². The molecule has 3 rings (SSSR count). The maximum Gasteiger partial charge on any atom is 0.494 e. The fraction of sp³-hybridized carbons (Fsp3) is 0.538. The molecule has 4 nitrogen and oxygen atoms in total. The predicted octanol–water partition coefficient (Wildman–Crippen LogP) is 1.40. The number of nitrogens with one attached hydrogen (secondary N) is 1. The topological polar surface area (TPSA) is 39.7 Å². The Morgan fingerprint density at radius 2 is 2.22 bits per heavy atom. The van der Waals surface area contributed by atoms with E-state index in [0.29, 0.717) is 6.61 Å². The van der Waals surface area contributed by atoms with Crippen molar-refractivity contribution in [2.24, 2.45) is 0 Å². The average Bonchev–Trinajstić information content (AvgIpc) is 2.63. The van der Waals surface area contributed by atoms with E-state index in [0.717, 1.165) is 23.4 Å². The highest BCUT2D eigenvalue weighted by Crippen LogP contribution is 2.29. The molecular formula is C13H18BNO3. The van der Waals surface area contributed by atoms with E-state index in [1.165, 1.54) is 0 Å². The summed E-state index contributed by atoms with van der Waals surface area (Å²) in [4.78, 5) is 0. The first-order chi connectivity index (χ1) is 8.56. The normalized spacial score (nSPS) is 25.3. The molecule has 1 saturated heterocycles. The van der Waals surface area contributed by atoms with Crippen LogP contribution in [0.1, 0.15) is 20.8 Å². The summed E-state index contributed by atoms with van der Waals surface area (Å²) >= 11 is 0. The van der Waals surface area contributed by atoms with E-state index < -0.39 is 0 Å². The largest absolute Gasteiger partial charge is 0.494 e. The molecule has 0 spiro atoms. The van der Waals surface area contributed by atoms with Gasteiger partial charge in [0.2, 0.25) is 0 Å². The third kappa shape index (κ3) is 1.97. The summed E-state index contributed by atoms with van der Waals surface area (Å²) in [6.45, 7) is 7.70. The molecular weight excluding hydrogens is 229 g/mol. The lowest BCUT2D eigenvalue weighted by molar-refractivity contribution is 0.0842. The molecule has 96 valence electrons. The van der Waals surface area contributed by atoms with Crippen molar-refractivity contribution in [2.45, 2.75) is 32.5 Å². The molecule has 0 saturated carbocycles. The first-order valence-electron chi connectivity index (χ1n) is 6.40. The lowest BCUT2D eigenvalue weighted by atomic mass is 9.79. The number of rotatable bonds is 1. The van der Waals surface area contributed by atoms with Crippen LogP contribution in [0, 0.1) is 0 Å². The van der Waals surface area contributed by atoms with Gasteiger partial charge in [0, 0.05) is 6.54 Å². The van der Waals surface area contributed by atoms with Gasteiger partial charge in [-0.1, -0.05) is 6.07 Å². The van der Waals surface area contributed by atoms with Crippen LogP contribution in [0.4, 0.5) is 5.69 Å². The Morgan fingerprint density at radius 1 is 1.39 bits per heavy atom. The Morgan fingerprint density at radius 3 is 2.94 bits per heavy atom. The van der Waals surface area contributed by atoms with Crippen LogP contribution in [0.5, 0.6) is 5.75 Å². The standard InChI is InChI=1S/C13H18BNO3/c1-9-13(2,3)18-14(17-9)10-4-5-12-11(8-10)15-6-7-16-12/h4-5,8-9,15H,6-7H2,1-3H3/t9-/m0/s1. The van der Waals surface area contributed by atoms with Crippen LogP contribution < -0.4 is 15.5 Å². The molecule has 2 aliphatic heterocycles. The first kappa shape index (κ1) is 11.9. The number of benzene rings is 1. The van der Waals surface area contributed by atoms with Gasteiger partial charge in [-0.05, 0) is 38.4 Å². The fourth-order valence-electron chi connectivity index (χ4n) is 2.20. The zero-order valence-electron chi connectivity index (χ0n) is 11.0. The minimum absolute atomic E-state index is 0.0859. The molecule has 1 fully saturated rings. The van der Waals surface area contributed by atoms with E-state index in [4.69, 9.17) is 14.0 Å². The molecule has 0 aliphatic carbocycles. The van der Waals surface area contributed by atoms with E-state index in [1.807, 2.05) is 25.1 Å². The third-order valence-electron chi connectivity index (χ3n) is 3.67. The van der Waals surface area contributed by atoms with E-state index in [1.54, 1.807) is 0 Å². The van der Waals surface area contributed by atoms with Crippen LogP contribution in [0.3, 0.4) is 0 Å². The Hall–Kier alpha value is -1.20. The van der Waals surface area contributed by atoms with Crippen molar-refractivity contribution in [2.75, 3.05) is 18.5 Å². The van der Waals surface area contributed by atoms with Crippen molar-refractivity contribution in [3.63, 3.8) is 0 Å². The summed E-state index contributed by atoms with van der Waals surface area (Å²) in [5.41, 5.74) is 1.80. The van der Waals surface area contributed by atoms with Gasteiger partial charge < -0.3 is 19.4 Å². The van der Waals surface area contributed by atoms with Crippen molar-refractivity contribution < 1.29 is 14.0 Å². The number of hydrogen-bond donors (Lipinski definition) is 1. The quantitative estimate of drug-likeness (QED) is 0.761. The highest BCUT2D eigenvalue weighted by Gasteiger charge is 2.44. The molecule has 1 aromatic carbocycles. The van der Waals surface area contributed by atoms with Crippen LogP contribution in [-0.2, 0) is 9.31 Å². The zero-order valence-corrected chi connectivity index (χ0v) is 11.0. The lowest BCUT2D eigenvalue weighted by Crippen LogP contribution is -2.35. The summed E-state index contributed by atoms with van der Waals surface area (Å²) in [5.74, 6) is 0.898. The van der Waals surface area contributed by atoms with Gasteiger partial charge in [0.25, 0.3) is 0 Å². The molecule has 0 amide bonds. The Balaban J connectivity index is 1.85. The average molecular weight is 247 g/mol. The number of anilines is 1. The molecule has 2 heterocycles. The zero-order chi connectivity index (χ0) is 12.8. The highest BCUT2D eigenvalue weighted by molar-refractivity contribution is 6.62. The highest BCUT2D eigenvalue weighted by atomic mass is 16.7. The van der Waals surface area contributed by atoms with Crippen molar-refractivity contribution in [1.82, 2.24) is 0 Å². The van der Waals surface area contributed by atoms with Crippen LogP contribution >= 0.6 is 0 Å². The van der Waals surface area contributed by atoms with E-state index in [-0.39, 0.29) is 18.8 Å². The number of fused-ring (bicyclic) bond motifs is 1. The number of ether oxygens (including phenoxy) is 1. The summed E-state index contributed by atoms with van der Waals surface area (Å²) < 4.78 is 17.4. The summed E-state index contributed by atoms with van der Waals surface area (Å²) in [7, 11) is -0.288. The fourth-order valence-corrected chi connectivity index (χ4v) is 2.20. The molecule has 0 radical (unpaired) electrons. The van der Waals surface area contributed by atoms with Crippen LogP contribution in [0.15, 0.2) is 18.2 Å². The Bertz CT molecular complexity index is 464. The lowest BCUT2D eigenvalue weighted by Gasteiger charge is -2.21. The van der Waals surface area contributed by atoms with Gasteiger partial charge in [0.05, 0.1) is 17.4 Å². The summed E-state index contributed by atoms with van der Waals surface area (Å²) in [6, 6.07) is 6.03. The number of hydrogen-bond acceptors (Lipinski definition) is 4. The van der Waals surface area contributed by atoms with Crippen molar-refractivity contribution in [3.8, 4) is 5.75 Å². The van der Waals surface area contributed by atoms with Gasteiger partial charge >= 0.3 is 7.12 Å². The van der Waals surface area contributed by atoms with Gasteiger partial charge in [0.15, 0.2) is 0 Å². The van der Waals surface area contributed by atoms with E-state index >= 15 is 0 Å². The minimum Gasteiger partial charge on any atom is -0.490 e. The maximum absolute atomic E-state index is 5.95. The summed E-state index contributed by atoms with van der Waals surface area (Å²) in [5, 5.41) is 3.32. The van der Waals surface area contributed by atoms with E-state index in [2.05, 4.69) is 19.2 Å². The van der Waals surface area contributed by atoms with Crippen LogP contribution in [0.25, 0.3) is 0 Å². The van der Waals surface area contributed by atoms with Gasteiger partial charge in [0.1, 0.15) is 12.4 Å². The van der Waals surface area contributed by atoms with Gasteiger partial charge in [-0.25, -0.2) is 0 Å². The predicted molar refractivity (Wildman–Crippen MR) is 71.5 cm³/mol. The molecule has 18 heavy (non-hydrogen) atoms. The van der Waals surface area contributed by atoms with Gasteiger partial charge in [-0.15, -0.1) is 0 Å². The first-order valence-corrected chi connectivity index (χ1v) is 6.40. The molecule has 5 heteroatoms. The molecule has 0 unspecified atom stereocenters.